The highest BCUT2D eigenvalue weighted by atomic mass is 35.5. The molecule has 0 aliphatic rings. The summed E-state index contributed by atoms with van der Waals surface area (Å²) in [7, 11) is 1.58. The number of rotatable bonds is 4. The van der Waals surface area contributed by atoms with Gasteiger partial charge in [0.25, 0.3) is 0 Å². The van der Waals surface area contributed by atoms with Crippen LogP contribution in [0.5, 0.6) is 5.75 Å². The largest absolute Gasteiger partial charge is 0.496 e. The Kier molecular flexibility index (Phi) is 4.52. The van der Waals surface area contributed by atoms with Gasteiger partial charge in [-0.05, 0) is 23.6 Å². The average molecular weight is 269 g/mol. The SMILES string of the molecule is COc1ccc(C(=O)C(=O)CCl)cc1C(C)(C)C. The molecule has 98 valence electrons. The van der Waals surface area contributed by atoms with E-state index in [1.807, 2.05) is 20.8 Å². The molecular weight excluding hydrogens is 252 g/mol. The van der Waals surface area contributed by atoms with Gasteiger partial charge in [-0.25, -0.2) is 0 Å². The van der Waals surface area contributed by atoms with Gasteiger partial charge in [0.1, 0.15) is 5.75 Å². The van der Waals surface area contributed by atoms with E-state index in [0.29, 0.717) is 11.3 Å². The van der Waals surface area contributed by atoms with Crippen molar-refractivity contribution in [1.29, 1.82) is 0 Å². The van der Waals surface area contributed by atoms with Gasteiger partial charge in [0.15, 0.2) is 0 Å². The molecule has 0 saturated carbocycles. The Morgan fingerprint density at radius 3 is 2.33 bits per heavy atom. The summed E-state index contributed by atoms with van der Waals surface area (Å²) in [5, 5.41) is 0. The van der Waals surface area contributed by atoms with Crippen LogP contribution < -0.4 is 4.74 Å². The van der Waals surface area contributed by atoms with Crippen LogP contribution in [0.15, 0.2) is 18.2 Å². The molecule has 1 aromatic carbocycles. The maximum Gasteiger partial charge on any atom is 0.229 e. The summed E-state index contributed by atoms with van der Waals surface area (Å²) in [5.74, 6) is -0.743. The summed E-state index contributed by atoms with van der Waals surface area (Å²) in [6.07, 6.45) is 0. The molecule has 0 heterocycles. The predicted molar refractivity (Wildman–Crippen MR) is 71.8 cm³/mol. The summed E-state index contributed by atoms with van der Waals surface area (Å²) in [6, 6.07) is 4.99. The fraction of sp³-hybridized carbons (Fsp3) is 0.429. The fourth-order valence-electron chi connectivity index (χ4n) is 1.66. The average Bonchev–Trinajstić information content (AvgIpc) is 2.35. The number of carbonyl (C=O) groups excluding carboxylic acids is 2. The van der Waals surface area contributed by atoms with Gasteiger partial charge in [-0.15, -0.1) is 11.6 Å². The van der Waals surface area contributed by atoms with E-state index < -0.39 is 11.6 Å². The zero-order valence-corrected chi connectivity index (χ0v) is 11.8. The second-order valence-electron chi connectivity index (χ2n) is 5.05. The van der Waals surface area contributed by atoms with Crippen LogP contribution in [0.4, 0.5) is 0 Å². The van der Waals surface area contributed by atoms with E-state index in [2.05, 4.69) is 0 Å². The number of Topliss-reactive ketones (excluding diaryl/α,β-unsaturated/α-hetero) is 2. The number of benzene rings is 1. The van der Waals surface area contributed by atoms with Crippen molar-refractivity contribution >= 4 is 23.2 Å². The Balaban J connectivity index is 3.27. The zero-order valence-electron chi connectivity index (χ0n) is 11.0. The number of ether oxygens (including phenoxy) is 1. The lowest BCUT2D eigenvalue weighted by molar-refractivity contribution is -0.112. The Hall–Kier alpha value is -1.35. The standard InChI is InChI=1S/C14H17ClO3/c1-14(2,3)10-7-9(5-6-12(10)18-4)13(17)11(16)8-15/h5-7H,8H2,1-4H3. The van der Waals surface area contributed by atoms with Crippen LogP contribution in [0.3, 0.4) is 0 Å². The molecular formula is C14H17ClO3. The number of hydrogen-bond donors (Lipinski definition) is 0. The van der Waals surface area contributed by atoms with Gasteiger partial charge >= 0.3 is 0 Å². The maximum atomic E-state index is 11.8. The normalized spacial score (nSPS) is 11.2. The van der Waals surface area contributed by atoms with Gasteiger partial charge in [-0.3, -0.25) is 9.59 Å². The number of carbonyl (C=O) groups is 2. The third kappa shape index (κ3) is 3.10. The number of methoxy groups -OCH3 is 1. The van der Waals surface area contributed by atoms with Crippen LogP contribution in [-0.2, 0) is 10.2 Å². The van der Waals surface area contributed by atoms with Crippen molar-refractivity contribution in [3.8, 4) is 5.75 Å². The number of hydrogen-bond acceptors (Lipinski definition) is 3. The molecule has 0 aliphatic heterocycles. The van der Waals surface area contributed by atoms with Gasteiger partial charge in [0, 0.05) is 11.1 Å². The molecule has 0 unspecified atom stereocenters. The van der Waals surface area contributed by atoms with E-state index in [1.54, 1.807) is 25.3 Å². The highest BCUT2D eigenvalue weighted by Gasteiger charge is 2.22. The predicted octanol–water partition coefficient (Wildman–Crippen LogP) is 2.98. The van der Waals surface area contributed by atoms with Crippen LogP contribution >= 0.6 is 11.6 Å². The molecule has 0 N–H and O–H groups in total. The molecule has 1 aromatic rings. The highest BCUT2D eigenvalue weighted by molar-refractivity contribution is 6.51. The van der Waals surface area contributed by atoms with Crippen LogP contribution in [0.2, 0.25) is 0 Å². The summed E-state index contributed by atoms with van der Waals surface area (Å²) < 4.78 is 5.27. The first kappa shape index (κ1) is 14.7. The summed E-state index contributed by atoms with van der Waals surface area (Å²) in [6.45, 7) is 6.05. The van der Waals surface area contributed by atoms with Crippen molar-refractivity contribution < 1.29 is 14.3 Å². The van der Waals surface area contributed by atoms with Gasteiger partial charge in [-0.1, -0.05) is 20.8 Å². The summed E-state index contributed by atoms with van der Waals surface area (Å²) in [5.41, 5.74) is 1.07. The Labute approximate surface area is 112 Å². The Morgan fingerprint density at radius 1 is 1.28 bits per heavy atom. The molecule has 0 spiro atoms. The van der Waals surface area contributed by atoms with Gasteiger partial charge in [-0.2, -0.15) is 0 Å². The maximum absolute atomic E-state index is 11.8. The first-order valence-electron chi connectivity index (χ1n) is 5.63. The molecule has 0 aliphatic carbocycles. The molecule has 3 nitrogen and oxygen atoms in total. The van der Waals surface area contributed by atoms with E-state index in [9.17, 15) is 9.59 Å². The smallest absolute Gasteiger partial charge is 0.229 e. The second kappa shape index (κ2) is 5.53. The van der Waals surface area contributed by atoms with Crippen molar-refractivity contribution in [2.75, 3.05) is 13.0 Å². The summed E-state index contributed by atoms with van der Waals surface area (Å²) >= 11 is 5.39. The second-order valence-corrected chi connectivity index (χ2v) is 5.32. The minimum Gasteiger partial charge on any atom is -0.496 e. The van der Waals surface area contributed by atoms with Crippen molar-refractivity contribution in [1.82, 2.24) is 0 Å². The monoisotopic (exact) mass is 268 g/mol. The Bertz CT molecular complexity index is 472. The van der Waals surface area contributed by atoms with Crippen molar-refractivity contribution in [2.24, 2.45) is 0 Å². The highest BCUT2D eigenvalue weighted by Crippen LogP contribution is 2.32. The van der Waals surface area contributed by atoms with Crippen molar-refractivity contribution in [3.05, 3.63) is 29.3 Å². The van der Waals surface area contributed by atoms with Crippen LogP contribution in [-0.4, -0.2) is 24.6 Å². The fourth-order valence-corrected chi connectivity index (χ4v) is 1.78. The molecule has 4 heteroatoms. The van der Waals surface area contributed by atoms with E-state index in [0.717, 1.165) is 5.56 Å². The lowest BCUT2D eigenvalue weighted by Crippen LogP contribution is -2.18. The lowest BCUT2D eigenvalue weighted by Gasteiger charge is -2.22. The summed E-state index contributed by atoms with van der Waals surface area (Å²) in [4.78, 5) is 23.1. The molecule has 0 saturated heterocycles. The van der Waals surface area contributed by atoms with E-state index in [-0.39, 0.29) is 11.3 Å². The molecule has 0 amide bonds. The van der Waals surface area contributed by atoms with Crippen molar-refractivity contribution in [3.63, 3.8) is 0 Å². The molecule has 1 rings (SSSR count). The quantitative estimate of drug-likeness (QED) is 0.479. The van der Waals surface area contributed by atoms with Gasteiger partial charge < -0.3 is 4.74 Å². The van der Waals surface area contributed by atoms with E-state index in [4.69, 9.17) is 16.3 Å². The van der Waals surface area contributed by atoms with Crippen LogP contribution in [0.1, 0.15) is 36.7 Å². The Morgan fingerprint density at radius 2 is 1.89 bits per heavy atom. The van der Waals surface area contributed by atoms with E-state index in [1.165, 1.54) is 0 Å². The molecule has 0 bridgehead atoms. The first-order chi connectivity index (χ1) is 8.31. The first-order valence-corrected chi connectivity index (χ1v) is 6.16. The number of ketones is 2. The zero-order chi connectivity index (χ0) is 13.9. The molecule has 0 aromatic heterocycles. The topological polar surface area (TPSA) is 43.4 Å². The number of alkyl halides is 1. The molecule has 0 atom stereocenters. The molecule has 0 radical (unpaired) electrons. The van der Waals surface area contributed by atoms with Crippen LogP contribution in [0, 0.1) is 0 Å². The molecule has 0 fully saturated rings. The molecule has 18 heavy (non-hydrogen) atoms. The van der Waals surface area contributed by atoms with E-state index >= 15 is 0 Å². The minimum atomic E-state index is -0.596. The van der Waals surface area contributed by atoms with Gasteiger partial charge in [0.05, 0.1) is 13.0 Å². The third-order valence-electron chi connectivity index (χ3n) is 2.64. The third-order valence-corrected chi connectivity index (χ3v) is 2.89. The number of halogens is 1. The van der Waals surface area contributed by atoms with Gasteiger partial charge in [0.2, 0.25) is 11.6 Å². The van der Waals surface area contributed by atoms with Crippen molar-refractivity contribution in [2.45, 2.75) is 26.2 Å². The minimum absolute atomic E-state index is 0.175. The van der Waals surface area contributed by atoms with Crippen LogP contribution in [0.25, 0.3) is 0 Å². The lowest BCUT2D eigenvalue weighted by atomic mass is 9.85.